The first-order valence-corrected chi connectivity index (χ1v) is 15.5. The molecular formula is C31H29FN6O4S. The van der Waals surface area contributed by atoms with Crippen LogP contribution in [0.15, 0.2) is 89.7 Å². The predicted molar refractivity (Wildman–Crippen MR) is 163 cm³/mol. The van der Waals surface area contributed by atoms with Gasteiger partial charge in [0, 0.05) is 35.3 Å². The summed E-state index contributed by atoms with van der Waals surface area (Å²) in [4.78, 5) is 14.2. The minimum absolute atomic E-state index is 0.155. The summed E-state index contributed by atoms with van der Waals surface area (Å²) < 4.78 is 45.7. The Balaban J connectivity index is 1.28. The molecule has 0 fully saturated rings. The summed E-state index contributed by atoms with van der Waals surface area (Å²) in [5.74, 6) is 1.22. The lowest BCUT2D eigenvalue weighted by Gasteiger charge is -2.23. The van der Waals surface area contributed by atoms with Gasteiger partial charge in [-0.25, -0.2) is 22.8 Å². The van der Waals surface area contributed by atoms with E-state index in [-0.39, 0.29) is 11.6 Å². The highest BCUT2D eigenvalue weighted by molar-refractivity contribution is 7.90. The second kappa shape index (κ2) is 11.6. The topological polar surface area (TPSA) is 115 Å². The molecule has 0 bridgehead atoms. The maximum absolute atomic E-state index is 13.7. The third-order valence-corrected chi connectivity index (χ3v) is 8.11. The third kappa shape index (κ3) is 6.26. The van der Waals surface area contributed by atoms with E-state index >= 15 is 0 Å². The fourth-order valence-electron chi connectivity index (χ4n) is 5.01. The van der Waals surface area contributed by atoms with Crippen LogP contribution < -0.4 is 5.32 Å². The van der Waals surface area contributed by atoms with Crippen LogP contribution in [0.2, 0.25) is 0 Å². The van der Waals surface area contributed by atoms with E-state index in [2.05, 4.69) is 20.4 Å². The summed E-state index contributed by atoms with van der Waals surface area (Å²) in [5.41, 5.74) is 4.09. The lowest BCUT2D eigenvalue weighted by atomic mass is 10.1. The van der Waals surface area contributed by atoms with Crippen molar-refractivity contribution in [2.45, 2.75) is 12.6 Å². The first-order chi connectivity index (χ1) is 20.7. The minimum Gasteiger partial charge on any atom is -0.459 e. The average Bonchev–Trinajstić information content (AvgIpc) is 3.63. The number of nitrogens with zero attached hydrogens (tertiary/aromatic N) is 5. The van der Waals surface area contributed by atoms with Crippen molar-refractivity contribution < 1.29 is 22.1 Å². The molecule has 43 heavy (non-hydrogen) atoms. The van der Waals surface area contributed by atoms with Crippen LogP contribution in [0.3, 0.4) is 0 Å². The van der Waals surface area contributed by atoms with Crippen LogP contribution in [0.1, 0.15) is 17.4 Å². The standard InChI is InChI=1S/C31H29FN6O4S/c1-37(41-2)28(18-43(3,39)40)30-12-11-29(42-30)21-7-9-26-25(15-21)31(34-19-33-26)36-24-8-10-27-22(14-24)16-35-38(27)17-20-5-4-6-23(32)13-20/h4-16,19,28H,17-18H2,1-3H3,(H,33,34,36). The molecule has 0 spiro atoms. The van der Waals surface area contributed by atoms with E-state index in [4.69, 9.17) is 9.25 Å². The molecule has 1 atom stereocenters. The van der Waals surface area contributed by atoms with E-state index in [0.29, 0.717) is 23.9 Å². The van der Waals surface area contributed by atoms with Gasteiger partial charge < -0.3 is 14.6 Å². The highest BCUT2D eigenvalue weighted by Gasteiger charge is 2.26. The Morgan fingerprint density at radius 3 is 2.72 bits per heavy atom. The number of halogens is 1. The van der Waals surface area contributed by atoms with Crippen LogP contribution in [0.4, 0.5) is 15.9 Å². The summed E-state index contributed by atoms with van der Waals surface area (Å²) in [6, 6.07) is 21.1. The second-order valence-corrected chi connectivity index (χ2v) is 12.5. The number of furan rings is 1. The summed E-state index contributed by atoms with van der Waals surface area (Å²) in [7, 11) is -0.157. The molecule has 12 heteroatoms. The Morgan fingerprint density at radius 1 is 1.07 bits per heavy atom. The molecule has 0 saturated heterocycles. The molecule has 3 aromatic carbocycles. The van der Waals surface area contributed by atoms with E-state index < -0.39 is 15.9 Å². The number of aromatic nitrogens is 4. The summed E-state index contributed by atoms with van der Waals surface area (Å²) in [5, 5.41) is 11.1. The Bertz CT molecular complexity index is 2040. The number of anilines is 2. The fourth-order valence-corrected chi connectivity index (χ4v) is 5.96. The Kier molecular flexibility index (Phi) is 7.65. The summed E-state index contributed by atoms with van der Waals surface area (Å²) in [6.07, 6.45) is 4.46. The quantitative estimate of drug-likeness (QED) is 0.196. The largest absolute Gasteiger partial charge is 0.459 e. The zero-order chi connectivity index (χ0) is 30.1. The first kappa shape index (κ1) is 28.5. The van der Waals surface area contributed by atoms with Crippen molar-refractivity contribution in [1.82, 2.24) is 24.8 Å². The average molecular weight is 601 g/mol. The molecule has 0 aliphatic rings. The zero-order valence-corrected chi connectivity index (χ0v) is 24.5. The molecule has 10 nitrogen and oxygen atoms in total. The van der Waals surface area contributed by atoms with Gasteiger partial charge in [-0.1, -0.05) is 12.1 Å². The van der Waals surface area contributed by atoms with E-state index in [1.165, 1.54) is 36.9 Å². The molecular weight excluding hydrogens is 571 g/mol. The normalized spacial score (nSPS) is 12.8. The number of benzene rings is 3. The number of fused-ring (bicyclic) bond motifs is 2. The van der Waals surface area contributed by atoms with E-state index in [1.807, 2.05) is 53.2 Å². The SMILES string of the molecule is CON(C)C(CS(C)(=O)=O)c1ccc(-c2ccc3ncnc(Nc4ccc5c(cnn5Cc5cccc(F)c5)c4)c3c2)o1. The fraction of sp³-hybridized carbons (Fsp3) is 0.194. The van der Waals surface area contributed by atoms with Gasteiger partial charge in [-0.05, 0) is 66.2 Å². The number of hydrogen-bond acceptors (Lipinski definition) is 9. The Morgan fingerprint density at radius 2 is 1.93 bits per heavy atom. The predicted octanol–water partition coefficient (Wildman–Crippen LogP) is 5.75. The second-order valence-electron chi connectivity index (χ2n) is 10.3. The molecule has 220 valence electrons. The number of sulfone groups is 1. The zero-order valence-electron chi connectivity index (χ0n) is 23.7. The van der Waals surface area contributed by atoms with Gasteiger partial charge in [0.05, 0.1) is 36.6 Å². The number of hydrogen-bond donors (Lipinski definition) is 1. The first-order valence-electron chi connectivity index (χ1n) is 13.4. The van der Waals surface area contributed by atoms with E-state index in [9.17, 15) is 12.8 Å². The molecule has 3 heterocycles. The van der Waals surface area contributed by atoms with Gasteiger partial charge in [0.25, 0.3) is 0 Å². The van der Waals surface area contributed by atoms with Crippen molar-refractivity contribution in [2.75, 3.05) is 31.5 Å². The number of hydroxylamine groups is 2. The molecule has 6 aromatic rings. The van der Waals surface area contributed by atoms with Crippen LogP contribution in [0.25, 0.3) is 33.1 Å². The van der Waals surface area contributed by atoms with Crippen molar-refractivity contribution in [1.29, 1.82) is 0 Å². The van der Waals surface area contributed by atoms with Gasteiger partial charge in [-0.2, -0.15) is 10.2 Å². The highest BCUT2D eigenvalue weighted by Crippen LogP contribution is 2.33. The maximum Gasteiger partial charge on any atom is 0.149 e. The lowest BCUT2D eigenvalue weighted by molar-refractivity contribution is -0.140. The van der Waals surface area contributed by atoms with Crippen molar-refractivity contribution in [2.24, 2.45) is 0 Å². The summed E-state index contributed by atoms with van der Waals surface area (Å²) in [6.45, 7) is 0.457. The van der Waals surface area contributed by atoms with Crippen LogP contribution >= 0.6 is 0 Å². The van der Waals surface area contributed by atoms with Crippen molar-refractivity contribution in [3.63, 3.8) is 0 Å². The van der Waals surface area contributed by atoms with E-state index in [0.717, 1.165) is 38.6 Å². The van der Waals surface area contributed by atoms with E-state index in [1.54, 1.807) is 25.4 Å². The van der Waals surface area contributed by atoms with Crippen molar-refractivity contribution >= 4 is 43.1 Å². The van der Waals surface area contributed by atoms with Gasteiger partial charge in [0.2, 0.25) is 0 Å². The molecule has 0 aliphatic heterocycles. The Labute approximate surface area is 247 Å². The van der Waals surface area contributed by atoms with Gasteiger partial charge in [-0.3, -0.25) is 4.68 Å². The summed E-state index contributed by atoms with van der Waals surface area (Å²) >= 11 is 0. The molecule has 0 radical (unpaired) electrons. The molecule has 6 rings (SSSR count). The number of nitrogens with one attached hydrogen (secondary N) is 1. The van der Waals surface area contributed by atoms with Gasteiger partial charge >= 0.3 is 0 Å². The highest BCUT2D eigenvalue weighted by atomic mass is 32.2. The smallest absolute Gasteiger partial charge is 0.149 e. The molecule has 0 saturated carbocycles. The van der Waals surface area contributed by atoms with Gasteiger partial charge in [-0.15, -0.1) is 0 Å². The van der Waals surface area contributed by atoms with Crippen LogP contribution in [0.5, 0.6) is 0 Å². The molecule has 1 unspecified atom stereocenters. The van der Waals surface area contributed by atoms with Crippen LogP contribution in [-0.2, 0) is 21.2 Å². The van der Waals surface area contributed by atoms with Crippen LogP contribution in [-0.4, -0.2) is 59.4 Å². The third-order valence-electron chi connectivity index (χ3n) is 7.19. The minimum atomic E-state index is -3.30. The monoisotopic (exact) mass is 600 g/mol. The van der Waals surface area contributed by atoms with Gasteiger partial charge in [0.1, 0.15) is 45.4 Å². The number of rotatable bonds is 10. The molecule has 0 amide bonds. The maximum atomic E-state index is 13.7. The Hall–Kier alpha value is -4.65. The van der Waals surface area contributed by atoms with Crippen LogP contribution in [0, 0.1) is 5.82 Å². The van der Waals surface area contributed by atoms with Crippen molar-refractivity contribution in [3.05, 3.63) is 102 Å². The molecule has 3 aromatic heterocycles. The van der Waals surface area contributed by atoms with Crippen molar-refractivity contribution in [3.8, 4) is 11.3 Å². The molecule has 1 N–H and O–H groups in total. The lowest BCUT2D eigenvalue weighted by Crippen LogP contribution is -2.29. The van der Waals surface area contributed by atoms with Gasteiger partial charge in [0.15, 0.2) is 0 Å². The molecule has 0 aliphatic carbocycles.